The van der Waals surface area contributed by atoms with Crippen LogP contribution < -0.4 is 10.5 Å². The van der Waals surface area contributed by atoms with E-state index in [0.29, 0.717) is 4.99 Å². The molecule has 3 nitrogen and oxygen atoms in total. The van der Waals surface area contributed by atoms with Gasteiger partial charge in [-0.15, -0.1) is 0 Å². The molecule has 0 amide bonds. The second-order valence-electron chi connectivity index (χ2n) is 5.77. The van der Waals surface area contributed by atoms with Crippen molar-refractivity contribution < 1.29 is 9.47 Å². The van der Waals surface area contributed by atoms with Gasteiger partial charge in [-0.3, -0.25) is 0 Å². The molecule has 2 aliphatic rings. The molecule has 5 heteroatoms. The Bertz CT molecular complexity index is 492. The molecule has 0 radical (unpaired) electrons. The van der Waals surface area contributed by atoms with Gasteiger partial charge in [0, 0.05) is 18.4 Å². The third-order valence-corrected chi connectivity index (χ3v) is 5.51. The van der Waals surface area contributed by atoms with Crippen LogP contribution in [0, 0.1) is 0 Å². The van der Waals surface area contributed by atoms with Crippen LogP contribution in [0.4, 0.5) is 0 Å². The Hall–Kier alpha value is -0.780. The second kappa shape index (κ2) is 6.55. The van der Waals surface area contributed by atoms with Gasteiger partial charge in [0.1, 0.15) is 16.8 Å². The van der Waals surface area contributed by atoms with Crippen LogP contribution in [0.1, 0.15) is 31.2 Å². The molecule has 0 aliphatic carbocycles. The number of hydrogen-bond acceptors (Lipinski definition) is 4. The zero-order chi connectivity index (χ0) is 14.7. The number of rotatable bonds is 3. The van der Waals surface area contributed by atoms with Gasteiger partial charge in [0.25, 0.3) is 0 Å². The van der Waals surface area contributed by atoms with Gasteiger partial charge in [-0.2, -0.15) is 11.8 Å². The summed E-state index contributed by atoms with van der Waals surface area (Å²) in [5.41, 5.74) is 6.56. The van der Waals surface area contributed by atoms with E-state index in [1.165, 1.54) is 11.5 Å². The van der Waals surface area contributed by atoms with Gasteiger partial charge in [-0.05, 0) is 48.6 Å². The Balaban J connectivity index is 1.62. The predicted molar refractivity (Wildman–Crippen MR) is 91.2 cm³/mol. The molecule has 2 fully saturated rings. The summed E-state index contributed by atoms with van der Waals surface area (Å²) in [7, 11) is 0. The van der Waals surface area contributed by atoms with Crippen molar-refractivity contribution in [2.45, 2.75) is 37.4 Å². The normalized spacial score (nSPS) is 24.7. The highest BCUT2D eigenvalue weighted by atomic mass is 32.2. The summed E-state index contributed by atoms with van der Waals surface area (Å²) in [5.74, 6) is 3.30. The van der Waals surface area contributed by atoms with E-state index in [4.69, 9.17) is 27.4 Å². The van der Waals surface area contributed by atoms with Gasteiger partial charge < -0.3 is 15.2 Å². The van der Waals surface area contributed by atoms with Crippen LogP contribution in [0.2, 0.25) is 0 Å². The molecule has 21 heavy (non-hydrogen) atoms. The molecule has 0 saturated carbocycles. The third kappa shape index (κ3) is 3.71. The van der Waals surface area contributed by atoms with Crippen LogP contribution in [-0.2, 0) is 4.74 Å². The summed E-state index contributed by atoms with van der Waals surface area (Å²) >= 11 is 6.99. The second-order valence-corrected chi connectivity index (χ2v) is 7.43. The molecular formula is C16H21NO2S2. The first kappa shape index (κ1) is 15.1. The standard InChI is InChI=1S/C16H21NO2S2/c17-15(20)12-1-3-13(4-2-12)19-14-5-8-18-16(11-14)6-9-21-10-7-16/h1-4,14H,5-11H2,(H2,17,20). The summed E-state index contributed by atoms with van der Waals surface area (Å²) in [6, 6.07) is 7.74. The summed E-state index contributed by atoms with van der Waals surface area (Å²) in [5, 5.41) is 0. The summed E-state index contributed by atoms with van der Waals surface area (Å²) in [6.45, 7) is 0.806. The molecular weight excluding hydrogens is 302 g/mol. The van der Waals surface area contributed by atoms with Crippen molar-refractivity contribution >= 4 is 29.0 Å². The maximum Gasteiger partial charge on any atom is 0.119 e. The number of nitrogens with two attached hydrogens (primary N) is 1. The van der Waals surface area contributed by atoms with Gasteiger partial charge in [-0.1, -0.05) is 12.2 Å². The number of ether oxygens (including phenoxy) is 2. The molecule has 3 rings (SSSR count). The summed E-state index contributed by atoms with van der Waals surface area (Å²) in [4.78, 5) is 0.422. The number of thiocarbonyl (C=S) groups is 1. The number of benzene rings is 1. The van der Waals surface area contributed by atoms with E-state index in [2.05, 4.69) is 0 Å². The summed E-state index contributed by atoms with van der Waals surface area (Å²) in [6.07, 6.45) is 4.52. The molecule has 2 aliphatic heterocycles. The monoisotopic (exact) mass is 323 g/mol. The van der Waals surface area contributed by atoms with Crippen LogP contribution in [0.3, 0.4) is 0 Å². The van der Waals surface area contributed by atoms with Gasteiger partial charge >= 0.3 is 0 Å². The fourth-order valence-electron chi connectivity index (χ4n) is 3.07. The quantitative estimate of drug-likeness (QED) is 0.866. The number of hydrogen-bond donors (Lipinski definition) is 1. The molecule has 1 aromatic carbocycles. The van der Waals surface area contributed by atoms with Crippen molar-refractivity contribution in [2.24, 2.45) is 5.73 Å². The SMILES string of the molecule is NC(=S)c1ccc(OC2CCOC3(CCSCC3)C2)cc1. The first-order chi connectivity index (χ1) is 10.2. The van der Waals surface area contributed by atoms with Crippen LogP contribution in [0.25, 0.3) is 0 Å². The van der Waals surface area contributed by atoms with E-state index in [1.807, 2.05) is 36.0 Å². The van der Waals surface area contributed by atoms with E-state index in [-0.39, 0.29) is 11.7 Å². The molecule has 2 heterocycles. The lowest BCUT2D eigenvalue weighted by atomic mass is 9.86. The maximum absolute atomic E-state index is 6.15. The van der Waals surface area contributed by atoms with Crippen molar-refractivity contribution in [3.05, 3.63) is 29.8 Å². The zero-order valence-corrected chi connectivity index (χ0v) is 13.7. The molecule has 114 valence electrons. The Morgan fingerprint density at radius 2 is 2.00 bits per heavy atom. The largest absolute Gasteiger partial charge is 0.490 e. The van der Waals surface area contributed by atoms with E-state index < -0.39 is 0 Å². The molecule has 1 spiro atoms. The fraction of sp³-hybridized carbons (Fsp3) is 0.562. The highest BCUT2D eigenvalue weighted by Gasteiger charge is 2.39. The van der Waals surface area contributed by atoms with Crippen molar-refractivity contribution in [3.8, 4) is 5.75 Å². The molecule has 1 unspecified atom stereocenters. The Kier molecular flexibility index (Phi) is 4.72. The van der Waals surface area contributed by atoms with Crippen LogP contribution in [0.5, 0.6) is 5.75 Å². The van der Waals surface area contributed by atoms with E-state index in [1.54, 1.807) is 0 Å². The highest BCUT2D eigenvalue weighted by molar-refractivity contribution is 7.99. The lowest BCUT2D eigenvalue weighted by Gasteiger charge is -2.43. The Morgan fingerprint density at radius 1 is 1.29 bits per heavy atom. The lowest BCUT2D eigenvalue weighted by Crippen LogP contribution is -2.46. The van der Waals surface area contributed by atoms with Crippen molar-refractivity contribution in [1.82, 2.24) is 0 Å². The topological polar surface area (TPSA) is 44.5 Å². The molecule has 1 atom stereocenters. The van der Waals surface area contributed by atoms with Crippen molar-refractivity contribution in [2.75, 3.05) is 18.1 Å². The molecule has 0 aromatic heterocycles. The van der Waals surface area contributed by atoms with Crippen molar-refractivity contribution in [1.29, 1.82) is 0 Å². The van der Waals surface area contributed by atoms with Crippen LogP contribution >= 0.6 is 24.0 Å². The Morgan fingerprint density at radius 3 is 2.67 bits per heavy atom. The minimum atomic E-state index is 0.0624. The molecule has 2 N–H and O–H groups in total. The van der Waals surface area contributed by atoms with Crippen LogP contribution in [0.15, 0.2) is 24.3 Å². The molecule has 1 aromatic rings. The number of thioether (sulfide) groups is 1. The molecule has 0 bridgehead atoms. The van der Waals surface area contributed by atoms with E-state index >= 15 is 0 Å². The van der Waals surface area contributed by atoms with E-state index in [0.717, 1.165) is 43.6 Å². The predicted octanol–water partition coefficient (Wildman–Crippen LogP) is 3.14. The van der Waals surface area contributed by atoms with Crippen molar-refractivity contribution in [3.63, 3.8) is 0 Å². The first-order valence-electron chi connectivity index (χ1n) is 7.45. The van der Waals surface area contributed by atoms with Crippen LogP contribution in [-0.4, -0.2) is 34.8 Å². The minimum Gasteiger partial charge on any atom is -0.490 e. The minimum absolute atomic E-state index is 0.0624. The zero-order valence-electron chi connectivity index (χ0n) is 12.0. The molecule has 2 saturated heterocycles. The summed E-state index contributed by atoms with van der Waals surface area (Å²) < 4.78 is 12.2. The van der Waals surface area contributed by atoms with Gasteiger partial charge in [0.05, 0.1) is 12.2 Å². The average Bonchev–Trinajstić information content (AvgIpc) is 2.49. The maximum atomic E-state index is 6.15. The lowest BCUT2D eigenvalue weighted by molar-refractivity contribution is -0.116. The van der Waals surface area contributed by atoms with Gasteiger partial charge in [0.2, 0.25) is 0 Å². The fourth-order valence-corrected chi connectivity index (χ4v) is 4.44. The van der Waals surface area contributed by atoms with Gasteiger partial charge in [0.15, 0.2) is 0 Å². The average molecular weight is 323 g/mol. The van der Waals surface area contributed by atoms with E-state index in [9.17, 15) is 0 Å². The third-order valence-electron chi connectivity index (χ3n) is 4.29. The first-order valence-corrected chi connectivity index (χ1v) is 9.01. The highest BCUT2D eigenvalue weighted by Crippen LogP contribution is 2.38. The Labute approximate surface area is 135 Å². The smallest absolute Gasteiger partial charge is 0.119 e. The van der Waals surface area contributed by atoms with Gasteiger partial charge in [-0.25, -0.2) is 0 Å².